The van der Waals surface area contributed by atoms with Crippen molar-refractivity contribution >= 4 is 56.3 Å². The first-order chi connectivity index (χ1) is 12.7. The zero-order chi connectivity index (χ0) is 19.6. The van der Waals surface area contributed by atoms with E-state index in [0.29, 0.717) is 17.0 Å². The van der Waals surface area contributed by atoms with Gasteiger partial charge in [-0.15, -0.1) is 0 Å². The molecule has 144 valence electrons. The van der Waals surface area contributed by atoms with Gasteiger partial charge in [-0.1, -0.05) is 29.8 Å². The lowest BCUT2D eigenvalue weighted by atomic mass is 10.2. The predicted molar refractivity (Wildman–Crippen MR) is 104 cm³/mol. The number of thioether (sulfide) groups is 1. The summed E-state index contributed by atoms with van der Waals surface area (Å²) in [6.45, 7) is -0.0597. The van der Waals surface area contributed by atoms with Crippen molar-refractivity contribution < 1.29 is 22.8 Å². The number of sulfone groups is 1. The van der Waals surface area contributed by atoms with Gasteiger partial charge >= 0.3 is 0 Å². The minimum absolute atomic E-state index is 0.0597. The molecule has 1 N–H and O–H groups in total. The molecule has 2 heterocycles. The van der Waals surface area contributed by atoms with Crippen molar-refractivity contribution in [2.24, 2.45) is 0 Å². The molecule has 1 aromatic carbocycles. The third kappa shape index (κ3) is 4.91. The molecule has 3 rings (SSSR count). The van der Waals surface area contributed by atoms with E-state index >= 15 is 0 Å². The van der Waals surface area contributed by atoms with E-state index in [1.165, 1.54) is 0 Å². The summed E-state index contributed by atoms with van der Waals surface area (Å²) in [5.74, 6) is -0.859. The Morgan fingerprint density at radius 2 is 2.07 bits per heavy atom. The highest BCUT2D eigenvalue weighted by molar-refractivity contribution is 8.18. The molecular formula is C17H17ClN2O5S2. The minimum Gasteiger partial charge on any atom is -0.352 e. The van der Waals surface area contributed by atoms with Gasteiger partial charge in [0.1, 0.15) is 0 Å². The molecule has 2 fully saturated rings. The molecule has 10 heteroatoms. The van der Waals surface area contributed by atoms with E-state index in [1.807, 2.05) is 0 Å². The summed E-state index contributed by atoms with van der Waals surface area (Å²) in [4.78, 5) is 37.8. The number of carbonyl (C=O) groups excluding carboxylic acids is 3. The van der Waals surface area contributed by atoms with Crippen LogP contribution in [0.2, 0.25) is 5.02 Å². The Morgan fingerprint density at radius 3 is 2.74 bits per heavy atom. The zero-order valence-electron chi connectivity index (χ0n) is 14.2. The number of nitrogens with zero attached hydrogens (tertiary/aromatic N) is 1. The molecule has 0 radical (unpaired) electrons. The van der Waals surface area contributed by atoms with Crippen molar-refractivity contribution in [3.8, 4) is 0 Å². The molecule has 0 aromatic heterocycles. The number of imide groups is 1. The maximum Gasteiger partial charge on any atom is 0.293 e. The van der Waals surface area contributed by atoms with Crippen molar-refractivity contribution in [3.05, 3.63) is 39.8 Å². The van der Waals surface area contributed by atoms with Crippen molar-refractivity contribution in [1.29, 1.82) is 0 Å². The van der Waals surface area contributed by atoms with Gasteiger partial charge in [0.15, 0.2) is 9.84 Å². The Kier molecular flexibility index (Phi) is 5.92. The third-order valence-electron chi connectivity index (χ3n) is 4.23. The average molecular weight is 429 g/mol. The van der Waals surface area contributed by atoms with Crippen LogP contribution in [-0.4, -0.2) is 54.5 Å². The highest BCUT2D eigenvalue weighted by atomic mass is 35.5. The minimum atomic E-state index is -3.08. The standard InChI is InChI=1S/C17H17ClN2O5S2/c18-13-4-2-1-3-11(13)9-14-16(22)20(17(23)26-14)7-5-15(21)19-12-6-8-27(24,25)10-12/h1-4,9,12H,5-8,10H2,(H,19,21). The lowest BCUT2D eigenvalue weighted by molar-refractivity contribution is -0.124. The van der Waals surface area contributed by atoms with Gasteiger partial charge in [-0.2, -0.15) is 0 Å². The first-order valence-electron chi connectivity index (χ1n) is 8.25. The van der Waals surface area contributed by atoms with Crippen LogP contribution in [0.15, 0.2) is 29.2 Å². The van der Waals surface area contributed by atoms with E-state index in [9.17, 15) is 22.8 Å². The second-order valence-electron chi connectivity index (χ2n) is 6.27. The molecule has 3 amide bonds. The quantitative estimate of drug-likeness (QED) is 0.720. The van der Waals surface area contributed by atoms with Gasteiger partial charge in [-0.3, -0.25) is 19.3 Å². The number of halogens is 1. The number of hydrogen-bond donors (Lipinski definition) is 1. The average Bonchev–Trinajstić information content (AvgIpc) is 3.07. The molecule has 27 heavy (non-hydrogen) atoms. The Labute approximate surface area is 166 Å². The molecule has 0 aliphatic carbocycles. The molecule has 2 saturated heterocycles. The highest BCUT2D eigenvalue weighted by Gasteiger charge is 2.35. The smallest absolute Gasteiger partial charge is 0.293 e. The summed E-state index contributed by atoms with van der Waals surface area (Å²) in [6, 6.07) is 6.55. The summed E-state index contributed by atoms with van der Waals surface area (Å²) in [6.07, 6.45) is 1.86. The Morgan fingerprint density at radius 1 is 1.33 bits per heavy atom. The Balaban J connectivity index is 1.58. The molecule has 0 bridgehead atoms. The van der Waals surface area contributed by atoms with Crippen molar-refractivity contribution in [1.82, 2.24) is 10.2 Å². The fourth-order valence-electron chi connectivity index (χ4n) is 2.85. The van der Waals surface area contributed by atoms with Crippen LogP contribution in [0.25, 0.3) is 6.08 Å². The van der Waals surface area contributed by atoms with Crippen molar-refractivity contribution in [3.63, 3.8) is 0 Å². The fraction of sp³-hybridized carbons (Fsp3) is 0.353. The largest absolute Gasteiger partial charge is 0.352 e. The van der Waals surface area contributed by atoms with Gasteiger partial charge in [-0.05, 0) is 35.9 Å². The van der Waals surface area contributed by atoms with E-state index < -0.39 is 27.0 Å². The van der Waals surface area contributed by atoms with Gasteiger partial charge in [0, 0.05) is 24.0 Å². The number of hydrogen-bond acceptors (Lipinski definition) is 6. The maximum atomic E-state index is 12.4. The number of carbonyl (C=O) groups is 3. The molecule has 1 aromatic rings. The third-order valence-corrected chi connectivity index (χ3v) is 7.24. The maximum absolute atomic E-state index is 12.4. The highest BCUT2D eigenvalue weighted by Crippen LogP contribution is 2.33. The number of amides is 3. The van der Waals surface area contributed by atoms with Gasteiger partial charge in [0.2, 0.25) is 5.91 Å². The van der Waals surface area contributed by atoms with Crippen LogP contribution >= 0.6 is 23.4 Å². The van der Waals surface area contributed by atoms with Gasteiger partial charge in [0.25, 0.3) is 11.1 Å². The van der Waals surface area contributed by atoms with E-state index in [2.05, 4.69) is 5.32 Å². The van der Waals surface area contributed by atoms with Gasteiger partial charge in [0.05, 0.1) is 16.4 Å². The summed E-state index contributed by atoms with van der Waals surface area (Å²) in [5.41, 5.74) is 0.629. The van der Waals surface area contributed by atoms with Crippen LogP contribution < -0.4 is 5.32 Å². The van der Waals surface area contributed by atoms with Gasteiger partial charge in [-0.25, -0.2) is 8.42 Å². The predicted octanol–water partition coefficient (Wildman–Crippen LogP) is 2.07. The van der Waals surface area contributed by atoms with Crippen LogP contribution in [0.5, 0.6) is 0 Å². The van der Waals surface area contributed by atoms with Crippen LogP contribution in [0.4, 0.5) is 4.79 Å². The zero-order valence-corrected chi connectivity index (χ0v) is 16.6. The molecule has 0 spiro atoms. The Hall–Kier alpha value is -1.84. The van der Waals surface area contributed by atoms with E-state index in [1.54, 1.807) is 30.3 Å². The van der Waals surface area contributed by atoms with Gasteiger partial charge < -0.3 is 5.32 Å². The molecule has 1 unspecified atom stereocenters. The lowest BCUT2D eigenvalue weighted by Gasteiger charge is -2.14. The molecule has 2 aliphatic heterocycles. The van der Waals surface area contributed by atoms with E-state index in [4.69, 9.17) is 11.6 Å². The van der Waals surface area contributed by atoms with Crippen molar-refractivity contribution in [2.45, 2.75) is 18.9 Å². The second-order valence-corrected chi connectivity index (χ2v) is 9.90. The van der Waals surface area contributed by atoms with Crippen LogP contribution in [-0.2, 0) is 19.4 Å². The number of benzene rings is 1. The normalized spacial score (nSPS) is 23.2. The Bertz CT molecular complexity index is 929. The number of rotatable bonds is 5. The summed E-state index contributed by atoms with van der Waals surface area (Å²) in [5, 5.41) is 2.66. The van der Waals surface area contributed by atoms with Crippen LogP contribution in [0, 0.1) is 0 Å². The monoisotopic (exact) mass is 428 g/mol. The summed E-state index contributed by atoms with van der Waals surface area (Å²) < 4.78 is 22.8. The molecule has 2 aliphatic rings. The lowest BCUT2D eigenvalue weighted by Crippen LogP contribution is -2.38. The first kappa shape index (κ1) is 19.9. The molecular weight excluding hydrogens is 412 g/mol. The fourth-order valence-corrected chi connectivity index (χ4v) is 5.57. The SMILES string of the molecule is O=C(CCN1C(=O)SC(=Cc2ccccc2Cl)C1=O)NC1CCS(=O)(=O)C1. The molecule has 1 atom stereocenters. The van der Waals surface area contributed by atoms with Crippen LogP contribution in [0.1, 0.15) is 18.4 Å². The summed E-state index contributed by atoms with van der Waals surface area (Å²) >= 11 is 6.87. The molecule has 0 saturated carbocycles. The summed E-state index contributed by atoms with van der Waals surface area (Å²) in [7, 11) is -3.08. The first-order valence-corrected chi connectivity index (χ1v) is 11.3. The van der Waals surface area contributed by atoms with Crippen molar-refractivity contribution in [2.75, 3.05) is 18.1 Å². The van der Waals surface area contributed by atoms with Crippen LogP contribution in [0.3, 0.4) is 0 Å². The van der Waals surface area contributed by atoms with E-state index in [-0.39, 0.29) is 35.3 Å². The topological polar surface area (TPSA) is 101 Å². The number of nitrogens with one attached hydrogen (secondary N) is 1. The van der Waals surface area contributed by atoms with E-state index in [0.717, 1.165) is 16.7 Å². The second kappa shape index (κ2) is 8.04. The molecule has 7 nitrogen and oxygen atoms in total.